The predicted molar refractivity (Wildman–Crippen MR) is 120 cm³/mol. The van der Waals surface area contributed by atoms with Gasteiger partial charge in [-0.25, -0.2) is 0 Å². The maximum absolute atomic E-state index is 5.83. The first-order valence-electron chi connectivity index (χ1n) is 11.0. The van der Waals surface area contributed by atoms with E-state index in [1.807, 2.05) is 7.05 Å². The van der Waals surface area contributed by atoms with E-state index in [2.05, 4.69) is 65.7 Å². The van der Waals surface area contributed by atoms with Crippen LogP contribution in [0.4, 0.5) is 0 Å². The zero-order valence-electron chi connectivity index (χ0n) is 18.7. The minimum Gasteiger partial charge on any atom is -0.381 e. The Hall–Kier alpha value is -1.63. The van der Waals surface area contributed by atoms with Crippen molar-refractivity contribution in [2.24, 2.45) is 10.9 Å². The van der Waals surface area contributed by atoms with E-state index in [9.17, 15) is 0 Å². The smallest absolute Gasteiger partial charge is 0.191 e. The third-order valence-corrected chi connectivity index (χ3v) is 5.54. The van der Waals surface area contributed by atoms with Crippen LogP contribution in [-0.2, 0) is 22.6 Å². The molecule has 29 heavy (non-hydrogen) atoms. The summed E-state index contributed by atoms with van der Waals surface area (Å²) in [4.78, 5) is 6.70. The zero-order chi connectivity index (χ0) is 20.9. The monoisotopic (exact) mass is 404 g/mol. The Kier molecular flexibility index (Phi) is 11.1. The molecule has 1 aromatic carbocycles. The molecule has 1 fully saturated rings. The summed E-state index contributed by atoms with van der Waals surface area (Å²) >= 11 is 0. The van der Waals surface area contributed by atoms with Gasteiger partial charge in [-0.3, -0.25) is 9.89 Å². The number of aliphatic imine (C=N–C) groups is 1. The van der Waals surface area contributed by atoms with Crippen LogP contribution in [0.2, 0.25) is 0 Å². The molecule has 1 aliphatic heterocycles. The van der Waals surface area contributed by atoms with Crippen molar-refractivity contribution >= 4 is 5.96 Å². The van der Waals surface area contributed by atoms with E-state index in [1.54, 1.807) is 0 Å². The molecule has 6 nitrogen and oxygen atoms in total. The van der Waals surface area contributed by atoms with E-state index in [-0.39, 0.29) is 0 Å². The van der Waals surface area contributed by atoms with Gasteiger partial charge in [-0.15, -0.1) is 0 Å². The van der Waals surface area contributed by atoms with Crippen LogP contribution < -0.4 is 10.6 Å². The lowest BCUT2D eigenvalue weighted by Crippen LogP contribution is -2.38. The summed E-state index contributed by atoms with van der Waals surface area (Å²) in [5.74, 6) is 1.50. The third-order valence-electron chi connectivity index (χ3n) is 5.54. The first-order valence-corrected chi connectivity index (χ1v) is 11.0. The molecule has 2 N–H and O–H groups in total. The van der Waals surface area contributed by atoms with Crippen molar-refractivity contribution < 1.29 is 9.47 Å². The average molecular weight is 405 g/mol. The highest BCUT2D eigenvalue weighted by Crippen LogP contribution is 2.15. The SMILES string of the molecule is CN=C(NCCCOCC1CCOCC1)NCc1ccccc1CN(C)C(C)C. The van der Waals surface area contributed by atoms with Crippen LogP contribution in [0.15, 0.2) is 29.3 Å². The standard InChI is InChI=1S/C23H40N4O2/c1-19(2)27(4)17-22-9-6-5-8-21(22)16-26-23(24-3)25-12-7-13-29-18-20-10-14-28-15-11-20/h5-6,8-9,19-20H,7,10-18H2,1-4H3,(H2,24,25,26). The van der Waals surface area contributed by atoms with Crippen molar-refractivity contribution in [3.63, 3.8) is 0 Å². The molecular formula is C23H40N4O2. The molecule has 1 aliphatic rings. The van der Waals surface area contributed by atoms with Gasteiger partial charge < -0.3 is 20.1 Å². The molecule has 0 atom stereocenters. The molecule has 0 radical (unpaired) electrons. The summed E-state index contributed by atoms with van der Waals surface area (Å²) in [5, 5.41) is 6.82. The second-order valence-electron chi connectivity index (χ2n) is 8.11. The van der Waals surface area contributed by atoms with E-state index in [1.165, 1.54) is 11.1 Å². The highest BCUT2D eigenvalue weighted by Gasteiger charge is 2.13. The highest BCUT2D eigenvalue weighted by atomic mass is 16.5. The fraction of sp³-hybridized carbons (Fsp3) is 0.696. The van der Waals surface area contributed by atoms with Crippen molar-refractivity contribution in [2.45, 2.75) is 52.2 Å². The molecule has 1 heterocycles. The van der Waals surface area contributed by atoms with Crippen molar-refractivity contribution in [1.29, 1.82) is 0 Å². The molecule has 2 rings (SSSR count). The Balaban J connectivity index is 1.66. The minimum absolute atomic E-state index is 0.527. The van der Waals surface area contributed by atoms with Gasteiger partial charge in [-0.2, -0.15) is 0 Å². The minimum atomic E-state index is 0.527. The van der Waals surface area contributed by atoms with Gasteiger partial charge in [0.2, 0.25) is 0 Å². The molecule has 0 spiro atoms. The number of nitrogens with zero attached hydrogens (tertiary/aromatic N) is 2. The van der Waals surface area contributed by atoms with E-state index in [0.29, 0.717) is 12.0 Å². The first kappa shape index (κ1) is 23.6. The molecule has 0 saturated carbocycles. The van der Waals surface area contributed by atoms with Gasteiger partial charge in [-0.1, -0.05) is 24.3 Å². The number of nitrogens with one attached hydrogen (secondary N) is 2. The number of guanidine groups is 1. The molecule has 164 valence electrons. The number of benzene rings is 1. The van der Waals surface area contributed by atoms with Gasteiger partial charge in [0.05, 0.1) is 0 Å². The fourth-order valence-electron chi connectivity index (χ4n) is 3.28. The molecular weight excluding hydrogens is 364 g/mol. The van der Waals surface area contributed by atoms with Gasteiger partial charge in [0.1, 0.15) is 0 Å². The van der Waals surface area contributed by atoms with E-state index in [4.69, 9.17) is 9.47 Å². The topological polar surface area (TPSA) is 58.1 Å². The number of ether oxygens (including phenoxy) is 2. The van der Waals surface area contributed by atoms with E-state index < -0.39 is 0 Å². The maximum atomic E-state index is 5.83. The van der Waals surface area contributed by atoms with Crippen molar-refractivity contribution in [2.75, 3.05) is 47.1 Å². The maximum Gasteiger partial charge on any atom is 0.191 e. The number of rotatable bonds is 11. The zero-order valence-corrected chi connectivity index (χ0v) is 18.7. The largest absolute Gasteiger partial charge is 0.381 e. The van der Waals surface area contributed by atoms with Gasteiger partial charge in [0.25, 0.3) is 0 Å². The Bertz CT molecular complexity index is 600. The Morgan fingerprint density at radius 1 is 1.21 bits per heavy atom. The summed E-state index contributed by atoms with van der Waals surface area (Å²) < 4.78 is 11.2. The Morgan fingerprint density at radius 2 is 1.93 bits per heavy atom. The molecule has 1 aromatic rings. The molecule has 0 unspecified atom stereocenters. The average Bonchev–Trinajstić information content (AvgIpc) is 2.74. The summed E-state index contributed by atoms with van der Waals surface area (Å²) in [6.07, 6.45) is 3.23. The first-order chi connectivity index (χ1) is 14.1. The van der Waals surface area contributed by atoms with Crippen LogP contribution in [0.5, 0.6) is 0 Å². The summed E-state index contributed by atoms with van der Waals surface area (Å²) in [5.41, 5.74) is 2.66. The Morgan fingerprint density at radius 3 is 2.62 bits per heavy atom. The quantitative estimate of drug-likeness (QED) is 0.337. The summed E-state index contributed by atoms with van der Waals surface area (Å²) in [6.45, 7) is 10.4. The number of hydrogen-bond donors (Lipinski definition) is 2. The van der Waals surface area contributed by atoms with Crippen LogP contribution >= 0.6 is 0 Å². The normalized spacial score (nSPS) is 15.9. The van der Waals surface area contributed by atoms with Crippen molar-refractivity contribution in [3.05, 3.63) is 35.4 Å². The molecule has 6 heteroatoms. The second kappa shape index (κ2) is 13.6. The molecule has 0 amide bonds. The predicted octanol–water partition coefficient (Wildman–Crippen LogP) is 3.03. The molecule has 0 aromatic heterocycles. The Labute approximate surface area is 177 Å². The summed E-state index contributed by atoms with van der Waals surface area (Å²) in [7, 11) is 3.98. The van der Waals surface area contributed by atoms with E-state index >= 15 is 0 Å². The van der Waals surface area contributed by atoms with Crippen LogP contribution in [-0.4, -0.2) is 64.0 Å². The van der Waals surface area contributed by atoms with Crippen LogP contribution in [0.1, 0.15) is 44.2 Å². The van der Waals surface area contributed by atoms with Crippen LogP contribution in [0, 0.1) is 5.92 Å². The van der Waals surface area contributed by atoms with Crippen molar-refractivity contribution in [1.82, 2.24) is 15.5 Å². The summed E-state index contributed by atoms with van der Waals surface area (Å²) in [6, 6.07) is 9.14. The van der Waals surface area contributed by atoms with Gasteiger partial charge in [0, 0.05) is 59.2 Å². The van der Waals surface area contributed by atoms with Gasteiger partial charge in [0.15, 0.2) is 5.96 Å². The highest BCUT2D eigenvalue weighted by molar-refractivity contribution is 5.79. The van der Waals surface area contributed by atoms with Gasteiger partial charge >= 0.3 is 0 Å². The lowest BCUT2D eigenvalue weighted by molar-refractivity contribution is 0.0203. The fourth-order valence-corrected chi connectivity index (χ4v) is 3.28. The van der Waals surface area contributed by atoms with Crippen molar-refractivity contribution in [3.8, 4) is 0 Å². The van der Waals surface area contributed by atoms with Gasteiger partial charge in [-0.05, 0) is 57.2 Å². The molecule has 1 saturated heterocycles. The van der Waals surface area contributed by atoms with Crippen LogP contribution in [0.25, 0.3) is 0 Å². The number of hydrogen-bond acceptors (Lipinski definition) is 4. The lowest BCUT2D eigenvalue weighted by atomic mass is 10.0. The lowest BCUT2D eigenvalue weighted by Gasteiger charge is -2.23. The molecule has 0 bridgehead atoms. The molecule has 0 aliphatic carbocycles. The second-order valence-corrected chi connectivity index (χ2v) is 8.11. The van der Waals surface area contributed by atoms with E-state index in [0.717, 1.165) is 71.3 Å². The third kappa shape index (κ3) is 9.15. The van der Waals surface area contributed by atoms with Crippen LogP contribution in [0.3, 0.4) is 0 Å².